The summed E-state index contributed by atoms with van der Waals surface area (Å²) in [5.74, 6) is -0.385. The molecule has 1 aromatic rings. The molecule has 1 aliphatic carbocycles. The quantitative estimate of drug-likeness (QED) is 0.904. The molecule has 0 saturated heterocycles. The fourth-order valence-electron chi connectivity index (χ4n) is 3.52. The molecule has 108 valence electrons. The molecule has 3 nitrogen and oxygen atoms in total. The van der Waals surface area contributed by atoms with E-state index in [1.165, 1.54) is 12.1 Å². The van der Waals surface area contributed by atoms with Crippen LogP contribution in [-0.2, 0) is 5.54 Å². The van der Waals surface area contributed by atoms with Crippen LogP contribution >= 0.6 is 0 Å². The molecule has 0 aromatic heterocycles. The summed E-state index contributed by atoms with van der Waals surface area (Å²) in [4.78, 5) is 6.29. The fourth-order valence-corrected chi connectivity index (χ4v) is 3.52. The Kier molecular flexibility index (Phi) is 3.15. The molecule has 3 rings (SSSR count). The Morgan fingerprint density at radius 3 is 2.70 bits per heavy atom. The highest BCUT2D eigenvalue weighted by Gasteiger charge is 2.45. The topological polar surface area (TPSA) is 41.6 Å². The van der Waals surface area contributed by atoms with Crippen molar-refractivity contribution in [3.05, 3.63) is 35.4 Å². The molecule has 2 N–H and O–H groups in total. The van der Waals surface area contributed by atoms with E-state index in [0.717, 1.165) is 31.7 Å². The average molecular weight is 279 g/mol. The van der Waals surface area contributed by atoms with Crippen LogP contribution in [-0.4, -0.2) is 23.4 Å². The SMILES string of the molecule is CC1(c2cc(F)ccc2F)CN=C(N)N1C1CCCC1. The number of nitrogens with two attached hydrogens (primary N) is 1. The highest BCUT2D eigenvalue weighted by Crippen LogP contribution is 2.39. The van der Waals surface area contributed by atoms with Crippen LogP contribution < -0.4 is 5.73 Å². The van der Waals surface area contributed by atoms with Gasteiger partial charge in [0.15, 0.2) is 5.96 Å². The van der Waals surface area contributed by atoms with E-state index < -0.39 is 17.2 Å². The van der Waals surface area contributed by atoms with Crippen LogP contribution in [0, 0.1) is 11.6 Å². The van der Waals surface area contributed by atoms with E-state index in [4.69, 9.17) is 5.73 Å². The van der Waals surface area contributed by atoms with Gasteiger partial charge in [-0.3, -0.25) is 4.99 Å². The number of guanidine groups is 1. The molecule has 0 radical (unpaired) electrons. The Hall–Kier alpha value is -1.65. The highest BCUT2D eigenvalue weighted by molar-refractivity contribution is 5.81. The molecular weight excluding hydrogens is 260 g/mol. The summed E-state index contributed by atoms with van der Waals surface area (Å²) >= 11 is 0. The van der Waals surface area contributed by atoms with Crippen LogP contribution in [0.2, 0.25) is 0 Å². The molecule has 2 aliphatic rings. The second-order valence-electron chi connectivity index (χ2n) is 5.88. The molecule has 0 bridgehead atoms. The van der Waals surface area contributed by atoms with Crippen molar-refractivity contribution in [2.45, 2.75) is 44.2 Å². The molecule has 0 amide bonds. The standard InChI is InChI=1S/C15H19F2N3/c1-15(12-8-10(16)6-7-13(12)17)9-19-14(18)20(15)11-4-2-3-5-11/h6-8,11H,2-5,9H2,1H3,(H2,18,19). The van der Waals surface area contributed by atoms with Crippen LogP contribution in [0.5, 0.6) is 0 Å². The van der Waals surface area contributed by atoms with Gasteiger partial charge in [0, 0.05) is 11.6 Å². The third kappa shape index (κ3) is 1.96. The first-order valence-electron chi connectivity index (χ1n) is 7.07. The lowest BCUT2D eigenvalue weighted by Crippen LogP contribution is -2.52. The van der Waals surface area contributed by atoms with Gasteiger partial charge in [-0.1, -0.05) is 12.8 Å². The first-order chi connectivity index (χ1) is 9.52. The third-order valence-corrected chi connectivity index (χ3v) is 4.53. The molecule has 1 atom stereocenters. The van der Waals surface area contributed by atoms with E-state index in [2.05, 4.69) is 4.99 Å². The predicted octanol–water partition coefficient (Wildman–Crippen LogP) is 2.75. The first-order valence-corrected chi connectivity index (χ1v) is 7.07. The van der Waals surface area contributed by atoms with Gasteiger partial charge in [-0.15, -0.1) is 0 Å². The Morgan fingerprint density at radius 2 is 2.00 bits per heavy atom. The van der Waals surface area contributed by atoms with E-state index in [-0.39, 0.29) is 6.04 Å². The van der Waals surface area contributed by atoms with Crippen molar-refractivity contribution in [3.8, 4) is 0 Å². The molecule has 1 fully saturated rings. The van der Waals surface area contributed by atoms with Gasteiger partial charge in [-0.05, 0) is 38.0 Å². The maximum absolute atomic E-state index is 14.2. The van der Waals surface area contributed by atoms with Crippen molar-refractivity contribution >= 4 is 5.96 Å². The average Bonchev–Trinajstić information content (AvgIpc) is 3.01. The second-order valence-corrected chi connectivity index (χ2v) is 5.88. The van der Waals surface area contributed by atoms with Gasteiger partial charge >= 0.3 is 0 Å². The summed E-state index contributed by atoms with van der Waals surface area (Å²) in [5, 5.41) is 0. The van der Waals surface area contributed by atoms with Gasteiger partial charge in [0.05, 0.1) is 12.1 Å². The summed E-state index contributed by atoms with van der Waals surface area (Å²) in [6.45, 7) is 2.27. The maximum Gasteiger partial charge on any atom is 0.192 e. The molecule has 0 spiro atoms. The summed E-state index contributed by atoms with van der Waals surface area (Å²) in [7, 11) is 0. The van der Waals surface area contributed by atoms with Crippen LogP contribution in [0.1, 0.15) is 38.2 Å². The fraction of sp³-hybridized carbons (Fsp3) is 0.533. The van der Waals surface area contributed by atoms with Gasteiger partial charge in [-0.25, -0.2) is 8.78 Å². The first kappa shape index (κ1) is 13.3. The summed E-state index contributed by atoms with van der Waals surface area (Å²) < 4.78 is 27.7. The van der Waals surface area contributed by atoms with Gasteiger partial charge < -0.3 is 10.6 Å². The molecular formula is C15H19F2N3. The predicted molar refractivity (Wildman–Crippen MR) is 74.3 cm³/mol. The number of aliphatic imine (C=N–C) groups is 1. The van der Waals surface area contributed by atoms with E-state index in [1.54, 1.807) is 0 Å². The second kappa shape index (κ2) is 4.72. The molecule has 1 heterocycles. The lowest BCUT2D eigenvalue weighted by atomic mass is 9.89. The van der Waals surface area contributed by atoms with Crippen molar-refractivity contribution in [2.24, 2.45) is 10.7 Å². The lowest BCUT2D eigenvalue weighted by Gasteiger charge is -2.41. The maximum atomic E-state index is 14.2. The number of halogens is 2. The minimum Gasteiger partial charge on any atom is -0.370 e. The van der Waals surface area contributed by atoms with Crippen molar-refractivity contribution in [1.29, 1.82) is 0 Å². The van der Waals surface area contributed by atoms with Gasteiger partial charge in [0.2, 0.25) is 0 Å². The minimum atomic E-state index is -0.689. The van der Waals surface area contributed by atoms with Crippen LogP contribution in [0.25, 0.3) is 0 Å². The monoisotopic (exact) mass is 279 g/mol. The summed E-state index contributed by atoms with van der Waals surface area (Å²) in [6.07, 6.45) is 4.36. The largest absolute Gasteiger partial charge is 0.370 e. The molecule has 5 heteroatoms. The van der Waals surface area contributed by atoms with E-state index in [9.17, 15) is 8.78 Å². The highest BCUT2D eigenvalue weighted by atomic mass is 19.1. The molecule has 20 heavy (non-hydrogen) atoms. The number of nitrogens with zero attached hydrogens (tertiary/aromatic N) is 2. The Morgan fingerprint density at radius 1 is 1.30 bits per heavy atom. The molecule has 1 aromatic carbocycles. The van der Waals surface area contributed by atoms with E-state index >= 15 is 0 Å². The summed E-state index contributed by atoms with van der Waals surface area (Å²) in [5.41, 5.74) is 5.67. The van der Waals surface area contributed by atoms with Gasteiger partial charge in [-0.2, -0.15) is 0 Å². The van der Waals surface area contributed by atoms with E-state index in [0.29, 0.717) is 18.1 Å². The van der Waals surface area contributed by atoms with Gasteiger partial charge in [0.25, 0.3) is 0 Å². The van der Waals surface area contributed by atoms with Crippen molar-refractivity contribution in [1.82, 2.24) is 4.90 Å². The molecule has 1 unspecified atom stereocenters. The molecule has 1 aliphatic heterocycles. The number of benzene rings is 1. The third-order valence-electron chi connectivity index (χ3n) is 4.53. The van der Waals surface area contributed by atoms with Gasteiger partial charge in [0.1, 0.15) is 11.6 Å². The van der Waals surface area contributed by atoms with Crippen LogP contribution in [0.15, 0.2) is 23.2 Å². The zero-order valence-corrected chi connectivity index (χ0v) is 11.6. The number of hydrogen-bond acceptors (Lipinski definition) is 3. The Balaban J connectivity index is 2.03. The smallest absolute Gasteiger partial charge is 0.192 e. The Bertz CT molecular complexity index is 552. The number of hydrogen-bond donors (Lipinski definition) is 1. The van der Waals surface area contributed by atoms with Crippen LogP contribution in [0.3, 0.4) is 0 Å². The number of rotatable bonds is 2. The minimum absolute atomic E-state index is 0.272. The Labute approximate surface area is 117 Å². The van der Waals surface area contributed by atoms with E-state index in [1.807, 2.05) is 11.8 Å². The van der Waals surface area contributed by atoms with Crippen molar-refractivity contribution in [2.75, 3.05) is 6.54 Å². The van der Waals surface area contributed by atoms with Crippen LogP contribution in [0.4, 0.5) is 8.78 Å². The lowest BCUT2D eigenvalue weighted by molar-refractivity contribution is 0.162. The summed E-state index contributed by atoms with van der Waals surface area (Å²) in [6, 6.07) is 3.86. The molecule has 1 saturated carbocycles. The zero-order valence-electron chi connectivity index (χ0n) is 11.6. The van der Waals surface area contributed by atoms with Crippen molar-refractivity contribution < 1.29 is 8.78 Å². The normalized spacial score (nSPS) is 27.1. The van der Waals surface area contributed by atoms with Crippen molar-refractivity contribution in [3.63, 3.8) is 0 Å². The zero-order chi connectivity index (χ0) is 14.3.